The predicted molar refractivity (Wildman–Crippen MR) is 101 cm³/mol. The molecule has 144 valence electrons. The highest BCUT2D eigenvalue weighted by Gasteiger charge is 2.32. The largest absolute Gasteiger partial charge is 0.442 e. The standard InChI is InChI=1S/C19H18FN5O3/c1-11(26)22-8-14-10-25(19(27)28-14)13-2-3-15(16(20)7-13)12-4-5-24-17(21)9-23-18(24)6-12/h2-7,9,14H,8,10,21H2,1H3,(H,22,26)/t14-/m0/s1. The maximum Gasteiger partial charge on any atom is 0.414 e. The summed E-state index contributed by atoms with van der Waals surface area (Å²) in [6, 6.07) is 8.04. The van der Waals surface area contributed by atoms with Gasteiger partial charge in [-0.25, -0.2) is 14.2 Å². The molecule has 2 amide bonds. The number of nitrogens with one attached hydrogen (secondary N) is 1. The van der Waals surface area contributed by atoms with Crippen LogP contribution < -0.4 is 16.0 Å². The Bertz CT molecular complexity index is 1080. The zero-order valence-electron chi connectivity index (χ0n) is 15.1. The van der Waals surface area contributed by atoms with Gasteiger partial charge in [-0.2, -0.15) is 0 Å². The molecule has 2 aromatic heterocycles. The third-order valence-electron chi connectivity index (χ3n) is 4.57. The number of anilines is 2. The van der Waals surface area contributed by atoms with Gasteiger partial charge >= 0.3 is 6.09 Å². The smallest absolute Gasteiger partial charge is 0.414 e. The topological polar surface area (TPSA) is 102 Å². The molecule has 9 heteroatoms. The van der Waals surface area contributed by atoms with Gasteiger partial charge in [-0.3, -0.25) is 14.1 Å². The number of ether oxygens (including phenoxy) is 1. The van der Waals surface area contributed by atoms with Crippen molar-refractivity contribution in [2.45, 2.75) is 13.0 Å². The molecule has 3 aromatic rings. The molecular formula is C19H18FN5O3. The van der Waals surface area contributed by atoms with Crippen molar-refractivity contribution >= 4 is 29.2 Å². The third-order valence-corrected chi connectivity index (χ3v) is 4.57. The number of rotatable bonds is 4. The normalized spacial score (nSPS) is 16.4. The molecule has 0 saturated carbocycles. The van der Waals surface area contributed by atoms with Crippen molar-refractivity contribution in [1.82, 2.24) is 14.7 Å². The monoisotopic (exact) mass is 383 g/mol. The van der Waals surface area contributed by atoms with Crippen LogP contribution in [-0.2, 0) is 9.53 Å². The van der Waals surface area contributed by atoms with E-state index in [1.54, 1.807) is 34.9 Å². The van der Waals surface area contributed by atoms with Crippen LogP contribution in [0.25, 0.3) is 16.8 Å². The summed E-state index contributed by atoms with van der Waals surface area (Å²) in [5.74, 6) is -0.181. The van der Waals surface area contributed by atoms with Gasteiger partial charge in [0.1, 0.15) is 23.4 Å². The Morgan fingerprint density at radius 2 is 2.21 bits per heavy atom. The van der Waals surface area contributed by atoms with Crippen LogP contribution in [0.1, 0.15) is 6.92 Å². The van der Waals surface area contributed by atoms with Crippen LogP contribution >= 0.6 is 0 Å². The number of halogens is 1. The molecule has 0 spiro atoms. The van der Waals surface area contributed by atoms with Crippen LogP contribution in [0.2, 0.25) is 0 Å². The van der Waals surface area contributed by atoms with E-state index in [9.17, 15) is 14.0 Å². The Balaban J connectivity index is 1.57. The minimum absolute atomic E-state index is 0.207. The maximum atomic E-state index is 14.8. The average molecular weight is 383 g/mol. The fourth-order valence-corrected chi connectivity index (χ4v) is 3.17. The first-order chi connectivity index (χ1) is 13.4. The van der Waals surface area contributed by atoms with Crippen molar-refractivity contribution in [3.8, 4) is 11.1 Å². The second-order valence-corrected chi connectivity index (χ2v) is 6.54. The van der Waals surface area contributed by atoms with Crippen LogP contribution in [0.5, 0.6) is 0 Å². The second-order valence-electron chi connectivity index (χ2n) is 6.54. The van der Waals surface area contributed by atoms with Gasteiger partial charge in [0, 0.05) is 18.7 Å². The van der Waals surface area contributed by atoms with Gasteiger partial charge in [-0.05, 0) is 35.9 Å². The highest BCUT2D eigenvalue weighted by Crippen LogP contribution is 2.29. The van der Waals surface area contributed by atoms with Crippen molar-refractivity contribution in [3.63, 3.8) is 0 Å². The van der Waals surface area contributed by atoms with E-state index in [0.29, 0.717) is 28.3 Å². The molecular weight excluding hydrogens is 365 g/mol. The average Bonchev–Trinajstić information content (AvgIpc) is 3.22. The number of imidazole rings is 1. The van der Waals surface area contributed by atoms with Crippen molar-refractivity contribution < 1.29 is 18.7 Å². The van der Waals surface area contributed by atoms with E-state index in [1.165, 1.54) is 24.1 Å². The summed E-state index contributed by atoms with van der Waals surface area (Å²) < 4.78 is 21.7. The summed E-state index contributed by atoms with van der Waals surface area (Å²) in [7, 11) is 0. The summed E-state index contributed by atoms with van der Waals surface area (Å²) >= 11 is 0. The Morgan fingerprint density at radius 1 is 1.39 bits per heavy atom. The molecule has 1 aliphatic rings. The van der Waals surface area contributed by atoms with Gasteiger partial charge in [0.2, 0.25) is 5.91 Å². The second kappa shape index (κ2) is 6.84. The van der Waals surface area contributed by atoms with E-state index in [0.717, 1.165) is 0 Å². The number of pyridine rings is 1. The summed E-state index contributed by atoms with van der Waals surface area (Å²) in [5, 5.41) is 2.60. The number of fused-ring (bicyclic) bond motifs is 1. The van der Waals surface area contributed by atoms with E-state index in [-0.39, 0.29) is 19.0 Å². The number of carbonyl (C=O) groups excluding carboxylic acids is 2. The zero-order chi connectivity index (χ0) is 19.8. The number of nitrogens with zero attached hydrogens (tertiary/aromatic N) is 3. The van der Waals surface area contributed by atoms with E-state index in [1.807, 2.05) is 0 Å². The number of aromatic nitrogens is 2. The lowest BCUT2D eigenvalue weighted by Crippen LogP contribution is -2.33. The molecule has 1 aliphatic heterocycles. The van der Waals surface area contributed by atoms with Crippen molar-refractivity contribution in [2.24, 2.45) is 0 Å². The van der Waals surface area contributed by atoms with Crippen LogP contribution in [0.4, 0.5) is 20.7 Å². The summed E-state index contributed by atoms with van der Waals surface area (Å²) in [5.41, 5.74) is 7.84. The van der Waals surface area contributed by atoms with Crippen LogP contribution in [0.3, 0.4) is 0 Å². The Hall–Kier alpha value is -3.62. The molecule has 0 aliphatic carbocycles. The van der Waals surface area contributed by atoms with Crippen molar-refractivity contribution in [3.05, 3.63) is 48.5 Å². The van der Waals surface area contributed by atoms with Gasteiger partial charge in [-0.15, -0.1) is 0 Å². The Morgan fingerprint density at radius 3 is 2.96 bits per heavy atom. The number of nitrogens with two attached hydrogens (primary N) is 1. The highest BCUT2D eigenvalue weighted by molar-refractivity contribution is 5.90. The summed E-state index contributed by atoms with van der Waals surface area (Å²) in [4.78, 5) is 28.6. The first-order valence-corrected chi connectivity index (χ1v) is 8.67. The molecule has 1 saturated heterocycles. The van der Waals surface area contributed by atoms with E-state index >= 15 is 0 Å². The molecule has 1 aromatic carbocycles. The third kappa shape index (κ3) is 3.22. The quantitative estimate of drug-likeness (QED) is 0.719. The molecule has 0 unspecified atom stereocenters. The van der Waals surface area contributed by atoms with Gasteiger partial charge < -0.3 is 15.8 Å². The fraction of sp³-hybridized carbons (Fsp3) is 0.211. The number of cyclic esters (lactones) is 1. The predicted octanol–water partition coefficient (Wildman–Crippen LogP) is 2.18. The molecule has 4 rings (SSSR count). The Kier molecular flexibility index (Phi) is 4.34. The lowest BCUT2D eigenvalue weighted by molar-refractivity contribution is -0.119. The number of amides is 2. The summed E-state index contributed by atoms with van der Waals surface area (Å²) in [6.45, 7) is 1.83. The minimum Gasteiger partial charge on any atom is -0.442 e. The number of carbonyl (C=O) groups is 2. The zero-order valence-corrected chi connectivity index (χ0v) is 15.1. The molecule has 8 nitrogen and oxygen atoms in total. The number of benzene rings is 1. The number of hydrogen-bond donors (Lipinski definition) is 2. The number of hydrogen-bond acceptors (Lipinski definition) is 5. The van der Waals surface area contributed by atoms with Crippen molar-refractivity contribution in [2.75, 3.05) is 23.7 Å². The molecule has 28 heavy (non-hydrogen) atoms. The fourth-order valence-electron chi connectivity index (χ4n) is 3.17. The lowest BCUT2D eigenvalue weighted by Gasteiger charge is -2.14. The lowest BCUT2D eigenvalue weighted by atomic mass is 10.1. The molecule has 0 radical (unpaired) electrons. The van der Waals surface area contributed by atoms with Gasteiger partial charge in [-0.1, -0.05) is 0 Å². The van der Waals surface area contributed by atoms with E-state index in [4.69, 9.17) is 10.5 Å². The van der Waals surface area contributed by atoms with Gasteiger partial charge in [0.05, 0.1) is 25.0 Å². The molecule has 0 bridgehead atoms. The SMILES string of the molecule is CC(=O)NC[C@H]1CN(c2ccc(-c3ccn4c(N)cnc4c3)c(F)c2)C(=O)O1. The maximum absolute atomic E-state index is 14.8. The number of nitrogen functional groups attached to an aromatic ring is 1. The minimum atomic E-state index is -0.572. The van der Waals surface area contributed by atoms with E-state index < -0.39 is 18.0 Å². The van der Waals surface area contributed by atoms with Crippen LogP contribution in [-0.4, -0.2) is 40.6 Å². The molecule has 3 N–H and O–H groups in total. The Labute approximate surface area is 159 Å². The van der Waals surface area contributed by atoms with Crippen molar-refractivity contribution in [1.29, 1.82) is 0 Å². The molecule has 1 atom stereocenters. The van der Waals surface area contributed by atoms with Crippen LogP contribution in [0, 0.1) is 5.82 Å². The molecule has 3 heterocycles. The van der Waals surface area contributed by atoms with Gasteiger partial charge in [0.15, 0.2) is 0 Å². The molecule has 1 fully saturated rings. The summed E-state index contributed by atoms with van der Waals surface area (Å²) in [6.07, 6.45) is 2.21. The van der Waals surface area contributed by atoms with E-state index in [2.05, 4.69) is 10.3 Å². The first kappa shape index (κ1) is 17.8. The first-order valence-electron chi connectivity index (χ1n) is 8.67. The van der Waals surface area contributed by atoms with Gasteiger partial charge in [0.25, 0.3) is 0 Å². The van der Waals surface area contributed by atoms with Crippen LogP contribution in [0.15, 0.2) is 42.7 Å². The highest BCUT2D eigenvalue weighted by atomic mass is 19.1.